The van der Waals surface area contributed by atoms with Gasteiger partial charge < -0.3 is 15.4 Å². The minimum atomic E-state index is -0.0980. The molecule has 0 saturated carbocycles. The van der Waals surface area contributed by atoms with Crippen LogP contribution in [-0.2, 0) is 4.79 Å². The molecular weight excluding hydrogens is 361 g/mol. The number of pyridine rings is 1. The average molecular weight is 384 g/mol. The molecule has 0 bridgehead atoms. The van der Waals surface area contributed by atoms with Gasteiger partial charge in [0.2, 0.25) is 11.8 Å². The zero-order chi connectivity index (χ0) is 16.2. The zero-order valence-corrected chi connectivity index (χ0v) is 15.9. The van der Waals surface area contributed by atoms with Crippen LogP contribution in [0.25, 0.3) is 0 Å². The lowest BCUT2D eigenvalue weighted by molar-refractivity contribution is -0.117. The van der Waals surface area contributed by atoms with E-state index >= 15 is 0 Å². The van der Waals surface area contributed by atoms with E-state index in [2.05, 4.69) is 15.6 Å². The van der Waals surface area contributed by atoms with Crippen LogP contribution in [0.3, 0.4) is 0 Å². The Kier molecular flexibility index (Phi) is 8.16. The van der Waals surface area contributed by atoms with E-state index in [1.807, 2.05) is 44.2 Å². The minimum Gasteiger partial charge on any atom is -0.439 e. The molecule has 1 aliphatic rings. The maximum absolute atomic E-state index is 12.2. The third kappa shape index (κ3) is 5.59. The molecule has 25 heavy (non-hydrogen) atoms. The zero-order valence-electron chi connectivity index (χ0n) is 14.2. The Morgan fingerprint density at radius 2 is 2.04 bits per heavy atom. The van der Waals surface area contributed by atoms with Gasteiger partial charge in [-0.15, -0.1) is 24.8 Å². The number of carbonyl (C=O) groups is 1. The Labute approximate surface area is 160 Å². The maximum atomic E-state index is 12.2. The summed E-state index contributed by atoms with van der Waals surface area (Å²) in [7, 11) is 0. The summed E-state index contributed by atoms with van der Waals surface area (Å²) in [6.07, 6.45) is 3.64. The van der Waals surface area contributed by atoms with Gasteiger partial charge in [0.15, 0.2) is 0 Å². The Bertz CT molecular complexity index is 719. The molecular formula is C18H23Cl2N3O2. The second-order valence-electron chi connectivity index (χ2n) is 5.89. The van der Waals surface area contributed by atoms with Crippen molar-refractivity contribution in [3.63, 3.8) is 0 Å². The summed E-state index contributed by atoms with van der Waals surface area (Å²) in [4.78, 5) is 16.4. The fourth-order valence-electron chi connectivity index (χ4n) is 2.60. The van der Waals surface area contributed by atoms with Gasteiger partial charge >= 0.3 is 0 Å². The van der Waals surface area contributed by atoms with Gasteiger partial charge in [-0.05, 0) is 56.5 Å². The van der Waals surface area contributed by atoms with Crippen molar-refractivity contribution in [1.82, 2.24) is 10.3 Å². The van der Waals surface area contributed by atoms with Crippen LogP contribution in [0.1, 0.15) is 24.0 Å². The second-order valence-corrected chi connectivity index (χ2v) is 5.89. The topological polar surface area (TPSA) is 63.2 Å². The van der Waals surface area contributed by atoms with E-state index in [1.165, 1.54) is 0 Å². The van der Waals surface area contributed by atoms with Gasteiger partial charge in [-0.2, -0.15) is 0 Å². The van der Waals surface area contributed by atoms with Crippen molar-refractivity contribution in [2.24, 2.45) is 0 Å². The number of benzene rings is 1. The fraction of sp³-hybridized carbons (Fsp3) is 0.333. The molecule has 1 unspecified atom stereocenters. The minimum absolute atomic E-state index is 0. The van der Waals surface area contributed by atoms with Crippen molar-refractivity contribution in [3.8, 4) is 11.6 Å². The lowest BCUT2D eigenvalue weighted by Gasteiger charge is -2.13. The van der Waals surface area contributed by atoms with Crippen LogP contribution in [0, 0.1) is 13.8 Å². The molecule has 3 rings (SSSR count). The molecule has 2 heterocycles. The monoisotopic (exact) mass is 383 g/mol. The number of rotatable bonds is 4. The van der Waals surface area contributed by atoms with E-state index in [0.717, 1.165) is 36.2 Å². The summed E-state index contributed by atoms with van der Waals surface area (Å²) in [6, 6.07) is 9.37. The number of hydrogen-bond acceptors (Lipinski definition) is 4. The summed E-state index contributed by atoms with van der Waals surface area (Å²) >= 11 is 0. The van der Waals surface area contributed by atoms with Crippen LogP contribution in [0.15, 0.2) is 36.5 Å². The Balaban J connectivity index is 0.00000156. The van der Waals surface area contributed by atoms with Gasteiger partial charge in [-0.3, -0.25) is 4.79 Å². The number of carbonyl (C=O) groups excluding carboxylic acids is 1. The molecule has 1 aromatic carbocycles. The number of nitrogens with zero attached hydrogens (tertiary/aromatic N) is 1. The Hall–Kier alpha value is -1.82. The first kappa shape index (κ1) is 21.2. The molecule has 1 atom stereocenters. The first-order valence-electron chi connectivity index (χ1n) is 7.87. The summed E-state index contributed by atoms with van der Waals surface area (Å²) in [5.41, 5.74) is 2.81. The van der Waals surface area contributed by atoms with E-state index in [1.54, 1.807) is 6.20 Å². The SMILES string of the molecule is Cc1ccnc(Oc2cc(NC(=O)C3CCCN3)ccc2C)c1.Cl.Cl. The molecule has 1 aromatic heterocycles. The number of hydrogen-bond donors (Lipinski definition) is 2. The van der Waals surface area contributed by atoms with Gasteiger partial charge in [-0.25, -0.2) is 4.98 Å². The molecule has 1 amide bonds. The fourth-order valence-corrected chi connectivity index (χ4v) is 2.60. The maximum Gasteiger partial charge on any atom is 0.241 e. The van der Waals surface area contributed by atoms with Crippen LogP contribution in [-0.4, -0.2) is 23.5 Å². The number of halogens is 2. The molecule has 1 aliphatic heterocycles. The van der Waals surface area contributed by atoms with E-state index in [0.29, 0.717) is 11.6 Å². The predicted molar refractivity (Wildman–Crippen MR) is 104 cm³/mol. The molecule has 0 radical (unpaired) electrons. The second kappa shape index (κ2) is 9.61. The quantitative estimate of drug-likeness (QED) is 0.836. The van der Waals surface area contributed by atoms with Crippen LogP contribution in [0.2, 0.25) is 0 Å². The van der Waals surface area contributed by atoms with Gasteiger partial charge in [-0.1, -0.05) is 6.07 Å². The highest BCUT2D eigenvalue weighted by molar-refractivity contribution is 5.95. The largest absolute Gasteiger partial charge is 0.439 e. The summed E-state index contributed by atoms with van der Waals surface area (Å²) in [5, 5.41) is 6.14. The van der Waals surface area contributed by atoms with Gasteiger partial charge in [0.05, 0.1) is 6.04 Å². The van der Waals surface area contributed by atoms with Crippen LogP contribution in [0.5, 0.6) is 11.6 Å². The first-order valence-corrected chi connectivity index (χ1v) is 7.87. The average Bonchev–Trinajstić information content (AvgIpc) is 3.05. The summed E-state index contributed by atoms with van der Waals surface area (Å²) in [5.74, 6) is 1.25. The highest BCUT2D eigenvalue weighted by Crippen LogP contribution is 2.27. The van der Waals surface area contributed by atoms with Gasteiger partial charge in [0, 0.05) is 24.0 Å². The van der Waals surface area contributed by atoms with Crippen LogP contribution in [0.4, 0.5) is 5.69 Å². The van der Waals surface area contributed by atoms with E-state index < -0.39 is 0 Å². The number of aryl methyl sites for hydroxylation is 2. The Morgan fingerprint density at radius 1 is 1.24 bits per heavy atom. The highest BCUT2D eigenvalue weighted by atomic mass is 35.5. The van der Waals surface area contributed by atoms with Gasteiger partial charge in [0.1, 0.15) is 5.75 Å². The van der Waals surface area contributed by atoms with E-state index in [9.17, 15) is 4.79 Å². The molecule has 2 aromatic rings. The molecule has 1 saturated heterocycles. The smallest absolute Gasteiger partial charge is 0.241 e. The summed E-state index contributed by atoms with van der Waals surface area (Å²) in [6.45, 7) is 4.86. The van der Waals surface area contributed by atoms with Crippen molar-refractivity contribution < 1.29 is 9.53 Å². The molecule has 2 N–H and O–H groups in total. The normalized spacial score (nSPS) is 15.7. The Morgan fingerprint density at radius 3 is 2.72 bits per heavy atom. The van der Waals surface area contributed by atoms with E-state index in [-0.39, 0.29) is 36.8 Å². The number of ether oxygens (including phenoxy) is 1. The van der Waals surface area contributed by atoms with Crippen molar-refractivity contribution in [1.29, 1.82) is 0 Å². The third-order valence-electron chi connectivity index (χ3n) is 3.94. The standard InChI is InChI=1S/C18H21N3O2.2ClH/c1-12-7-9-20-17(10-12)23-16-11-14(6-5-13(16)2)21-18(22)15-4-3-8-19-15;;/h5-7,9-11,15,19H,3-4,8H2,1-2H3,(H,21,22);2*1H. The van der Waals surface area contributed by atoms with Gasteiger partial charge in [0.25, 0.3) is 0 Å². The van der Waals surface area contributed by atoms with Crippen LogP contribution >= 0.6 is 24.8 Å². The number of nitrogens with one attached hydrogen (secondary N) is 2. The van der Waals surface area contributed by atoms with Crippen molar-refractivity contribution in [2.75, 3.05) is 11.9 Å². The number of aromatic nitrogens is 1. The van der Waals surface area contributed by atoms with Crippen molar-refractivity contribution in [3.05, 3.63) is 47.7 Å². The lowest BCUT2D eigenvalue weighted by atomic mass is 10.2. The van der Waals surface area contributed by atoms with E-state index in [4.69, 9.17) is 4.74 Å². The molecule has 1 fully saturated rings. The van der Waals surface area contributed by atoms with Crippen molar-refractivity contribution >= 4 is 36.4 Å². The summed E-state index contributed by atoms with van der Waals surface area (Å²) < 4.78 is 5.86. The molecule has 0 spiro atoms. The first-order chi connectivity index (χ1) is 11.1. The number of amides is 1. The van der Waals surface area contributed by atoms with Crippen molar-refractivity contribution in [2.45, 2.75) is 32.7 Å². The highest BCUT2D eigenvalue weighted by Gasteiger charge is 2.22. The molecule has 7 heteroatoms. The predicted octanol–water partition coefficient (Wildman–Crippen LogP) is 4.02. The number of anilines is 1. The molecule has 0 aliphatic carbocycles. The molecule has 136 valence electrons. The molecule has 5 nitrogen and oxygen atoms in total. The third-order valence-corrected chi connectivity index (χ3v) is 3.94. The lowest BCUT2D eigenvalue weighted by Crippen LogP contribution is -2.35. The van der Waals surface area contributed by atoms with Crippen LogP contribution < -0.4 is 15.4 Å².